The molecule has 0 aliphatic carbocycles. The molecular weight excluding hydrogens is 264 g/mol. The van der Waals surface area contributed by atoms with Gasteiger partial charge in [-0.25, -0.2) is 4.98 Å². The lowest BCUT2D eigenvalue weighted by molar-refractivity contribution is 0.141. The Labute approximate surface area is 129 Å². The Balaban J connectivity index is 2.67. The lowest BCUT2D eigenvalue weighted by atomic mass is 10.0. The molecule has 0 aromatic carbocycles. The first-order chi connectivity index (χ1) is 9.93. The zero-order valence-electron chi connectivity index (χ0n) is 14.5. The number of nitrogens with zero attached hydrogens (tertiary/aromatic N) is 3. The summed E-state index contributed by atoms with van der Waals surface area (Å²) in [5, 5.41) is 3.61. The van der Waals surface area contributed by atoms with Gasteiger partial charge in [-0.1, -0.05) is 13.8 Å². The molecule has 0 radical (unpaired) electrons. The standard InChI is InChI=1S/C16H32N4O/c1-7-21-10-8-9-20-11-14(4)17-16(20)18-15(13(2)3)12-19(5)6/h11,13,15H,7-10,12H2,1-6H3,(H,17,18). The summed E-state index contributed by atoms with van der Waals surface area (Å²) in [6, 6.07) is 0.396. The number of hydrogen-bond donors (Lipinski definition) is 1. The predicted molar refractivity (Wildman–Crippen MR) is 88.9 cm³/mol. The first kappa shape index (κ1) is 18.0. The summed E-state index contributed by atoms with van der Waals surface area (Å²) in [5.41, 5.74) is 1.06. The van der Waals surface area contributed by atoms with Crippen molar-refractivity contribution in [1.82, 2.24) is 14.5 Å². The summed E-state index contributed by atoms with van der Waals surface area (Å²) >= 11 is 0. The lowest BCUT2D eigenvalue weighted by Crippen LogP contribution is -2.37. The molecule has 122 valence electrons. The molecule has 5 heteroatoms. The van der Waals surface area contributed by atoms with Crippen LogP contribution in [0.2, 0.25) is 0 Å². The van der Waals surface area contributed by atoms with Gasteiger partial charge in [0.2, 0.25) is 5.95 Å². The molecule has 1 rings (SSSR count). The minimum atomic E-state index is 0.396. The van der Waals surface area contributed by atoms with Gasteiger partial charge in [0.05, 0.1) is 5.69 Å². The van der Waals surface area contributed by atoms with Crippen molar-refractivity contribution < 1.29 is 4.74 Å². The van der Waals surface area contributed by atoms with Crippen molar-refractivity contribution in [3.05, 3.63) is 11.9 Å². The minimum absolute atomic E-state index is 0.396. The van der Waals surface area contributed by atoms with Crippen molar-refractivity contribution in [2.75, 3.05) is 39.2 Å². The molecule has 1 atom stereocenters. The van der Waals surface area contributed by atoms with Gasteiger partial charge in [0.1, 0.15) is 0 Å². The van der Waals surface area contributed by atoms with Crippen LogP contribution in [0.1, 0.15) is 32.9 Å². The average molecular weight is 296 g/mol. The molecule has 0 fully saturated rings. The van der Waals surface area contributed by atoms with Gasteiger partial charge in [-0.2, -0.15) is 0 Å². The topological polar surface area (TPSA) is 42.3 Å². The number of hydrogen-bond acceptors (Lipinski definition) is 4. The molecule has 1 N–H and O–H groups in total. The van der Waals surface area contributed by atoms with E-state index in [2.05, 4.69) is 53.9 Å². The number of rotatable bonds is 10. The first-order valence-electron chi connectivity index (χ1n) is 7.96. The highest BCUT2D eigenvalue weighted by molar-refractivity contribution is 5.30. The number of likely N-dealkylation sites (N-methyl/N-ethyl adjacent to an activating group) is 1. The van der Waals surface area contributed by atoms with Gasteiger partial charge in [0, 0.05) is 38.5 Å². The Morgan fingerprint density at radius 1 is 1.38 bits per heavy atom. The summed E-state index contributed by atoms with van der Waals surface area (Å²) in [7, 11) is 4.22. The fourth-order valence-corrected chi connectivity index (χ4v) is 2.30. The van der Waals surface area contributed by atoms with E-state index in [1.165, 1.54) is 0 Å². The Kier molecular flexibility index (Phi) is 7.75. The second-order valence-corrected chi connectivity index (χ2v) is 6.21. The summed E-state index contributed by atoms with van der Waals surface area (Å²) in [6.07, 6.45) is 3.12. The van der Waals surface area contributed by atoms with Gasteiger partial charge >= 0.3 is 0 Å². The zero-order valence-corrected chi connectivity index (χ0v) is 14.5. The van der Waals surface area contributed by atoms with E-state index in [1.54, 1.807) is 0 Å². The summed E-state index contributed by atoms with van der Waals surface area (Å²) in [5.74, 6) is 1.53. The van der Waals surface area contributed by atoms with E-state index >= 15 is 0 Å². The Morgan fingerprint density at radius 2 is 2.10 bits per heavy atom. The van der Waals surface area contributed by atoms with Crippen LogP contribution >= 0.6 is 0 Å². The maximum atomic E-state index is 5.41. The summed E-state index contributed by atoms with van der Waals surface area (Å²) in [6.45, 7) is 12.1. The van der Waals surface area contributed by atoms with Crippen LogP contribution < -0.4 is 5.32 Å². The Bertz CT molecular complexity index is 401. The molecule has 1 heterocycles. The van der Waals surface area contributed by atoms with Crippen LogP contribution in [-0.4, -0.2) is 54.3 Å². The van der Waals surface area contributed by atoms with Crippen LogP contribution in [0.5, 0.6) is 0 Å². The molecule has 0 saturated heterocycles. The van der Waals surface area contributed by atoms with Crippen molar-refractivity contribution in [3.63, 3.8) is 0 Å². The van der Waals surface area contributed by atoms with Crippen LogP contribution in [0.15, 0.2) is 6.20 Å². The molecular formula is C16H32N4O. The van der Waals surface area contributed by atoms with Crippen LogP contribution in [-0.2, 0) is 11.3 Å². The third-order valence-electron chi connectivity index (χ3n) is 3.47. The third kappa shape index (κ3) is 6.48. The van der Waals surface area contributed by atoms with Gasteiger partial charge in [-0.15, -0.1) is 0 Å². The molecule has 0 amide bonds. The van der Waals surface area contributed by atoms with Crippen LogP contribution in [0.4, 0.5) is 5.95 Å². The minimum Gasteiger partial charge on any atom is -0.382 e. The predicted octanol–water partition coefficient (Wildman–Crippen LogP) is 2.62. The summed E-state index contributed by atoms with van der Waals surface area (Å²) in [4.78, 5) is 6.85. The van der Waals surface area contributed by atoms with Crippen molar-refractivity contribution in [2.24, 2.45) is 5.92 Å². The van der Waals surface area contributed by atoms with Crippen LogP contribution in [0, 0.1) is 12.8 Å². The van der Waals surface area contributed by atoms with E-state index in [1.807, 2.05) is 13.8 Å². The van der Waals surface area contributed by atoms with E-state index in [9.17, 15) is 0 Å². The number of imidazole rings is 1. The molecule has 1 aromatic heterocycles. The number of ether oxygens (including phenoxy) is 1. The van der Waals surface area contributed by atoms with Crippen LogP contribution in [0.3, 0.4) is 0 Å². The normalized spacial score (nSPS) is 13.1. The molecule has 0 saturated carbocycles. The molecule has 0 aliphatic heterocycles. The van der Waals surface area contributed by atoms with E-state index in [0.29, 0.717) is 12.0 Å². The van der Waals surface area contributed by atoms with E-state index in [-0.39, 0.29) is 0 Å². The van der Waals surface area contributed by atoms with Gasteiger partial charge in [-0.05, 0) is 40.3 Å². The second kappa shape index (κ2) is 9.05. The Hall–Kier alpha value is -1.07. The van der Waals surface area contributed by atoms with Crippen LogP contribution in [0.25, 0.3) is 0 Å². The van der Waals surface area contributed by atoms with E-state index in [4.69, 9.17) is 4.74 Å². The molecule has 5 nitrogen and oxygen atoms in total. The average Bonchev–Trinajstić information content (AvgIpc) is 2.73. The molecule has 21 heavy (non-hydrogen) atoms. The quantitative estimate of drug-likeness (QED) is 0.674. The SMILES string of the molecule is CCOCCCn1cc(C)nc1NC(CN(C)C)C(C)C. The number of nitrogens with one attached hydrogen (secondary N) is 1. The maximum Gasteiger partial charge on any atom is 0.203 e. The summed E-state index contributed by atoms with van der Waals surface area (Å²) < 4.78 is 7.62. The van der Waals surface area contributed by atoms with Gasteiger partial charge < -0.3 is 19.5 Å². The molecule has 0 aliphatic rings. The fraction of sp³-hybridized carbons (Fsp3) is 0.812. The largest absolute Gasteiger partial charge is 0.382 e. The third-order valence-corrected chi connectivity index (χ3v) is 3.47. The molecule has 1 unspecified atom stereocenters. The molecule has 1 aromatic rings. The smallest absolute Gasteiger partial charge is 0.203 e. The van der Waals surface area contributed by atoms with E-state index in [0.717, 1.165) is 44.4 Å². The second-order valence-electron chi connectivity index (χ2n) is 6.21. The van der Waals surface area contributed by atoms with E-state index < -0.39 is 0 Å². The number of aromatic nitrogens is 2. The maximum absolute atomic E-state index is 5.41. The monoisotopic (exact) mass is 296 g/mol. The molecule has 0 spiro atoms. The number of aryl methyl sites for hydroxylation is 2. The first-order valence-corrected chi connectivity index (χ1v) is 7.96. The fourth-order valence-electron chi connectivity index (χ4n) is 2.30. The van der Waals surface area contributed by atoms with Gasteiger partial charge in [0.15, 0.2) is 0 Å². The van der Waals surface area contributed by atoms with Crippen molar-refractivity contribution in [3.8, 4) is 0 Å². The van der Waals surface area contributed by atoms with Crippen molar-refractivity contribution in [1.29, 1.82) is 0 Å². The van der Waals surface area contributed by atoms with Gasteiger partial charge in [-0.3, -0.25) is 0 Å². The van der Waals surface area contributed by atoms with Crippen molar-refractivity contribution in [2.45, 2.75) is 46.7 Å². The highest BCUT2D eigenvalue weighted by Gasteiger charge is 2.17. The lowest BCUT2D eigenvalue weighted by Gasteiger charge is -2.26. The van der Waals surface area contributed by atoms with Crippen molar-refractivity contribution >= 4 is 5.95 Å². The number of anilines is 1. The molecule has 0 bridgehead atoms. The highest BCUT2D eigenvalue weighted by atomic mass is 16.5. The zero-order chi connectivity index (χ0) is 15.8. The Morgan fingerprint density at radius 3 is 2.67 bits per heavy atom. The van der Waals surface area contributed by atoms with Gasteiger partial charge in [0.25, 0.3) is 0 Å². The highest BCUT2D eigenvalue weighted by Crippen LogP contribution is 2.14.